The van der Waals surface area contributed by atoms with E-state index in [1.165, 1.54) is 18.2 Å². The number of H-pyrrole nitrogens is 1. The summed E-state index contributed by atoms with van der Waals surface area (Å²) in [5, 5.41) is 1.00. The average molecular weight is 529 g/mol. The van der Waals surface area contributed by atoms with Gasteiger partial charge in [0.05, 0.1) is 35.6 Å². The Morgan fingerprint density at radius 1 is 1.00 bits per heavy atom. The molecule has 1 saturated heterocycles. The zero-order valence-electron chi connectivity index (χ0n) is 21.9. The molecule has 2 aliphatic heterocycles. The molecular formula is C27H28N8O4. The van der Waals surface area contributed by atoms with E-state index < -0.39 is 11.7 Å². The number of nitrogens with zero attached hydrogens (tertiary/aromatic N) is 7. The van der Waals surface area contributed by atoms with Crippen molar-refractivity contribution in [2.24, 2.45) is 4.99 Å². The van der Waals surface area contributed by atoms with Gasteiger partial charge in [-0.25, -0.2) is 9.97 Å². The Morgan fingerprint density at radius 3 is 2.41 bits per heavy atom. The molecule has 12 heteroatoms. The first-order valence-corrected chi connectivity index (χ1v) is 12.4. The summed E-state index contributed by atoms with van der Waals surface area (Å²) in [4.78, 5) is 65.1. The second kappa shape index (κ2) is 10.9. The van der Waals surface area contributed by atoms with Crippen molar-refractivity contribution in [3.63, 3.8) is 0 Å². The van der Waals surface area contributed by atoms with Gasteiger partial charge in [-0.2, -0.15) is 0 Å². The monoisotopic (exact) mass is 528 g/mol. The highest BCUT2D eigenvalue weighted by molar-refractivity contribution is 6.42. The van der Waals surface area contributed by atoms with Crippen LogP contribution in [0.25, 0.3) is 11.5 Å². The third-order valence-corrected chi connectivity index (χ3v) is 6.66. The minimum Gasteiger partial charge on any atom is -0.500 e. The van der Waals surface area contributed by atoms with Crippen molar-refractivity contribution in [3.8, 4) is 0 Å². The van der Waals surface area contributed by atoms with E-state index in [1.54, 1.807) is 47.9 Å². The molecule has 39 heavy (non-hydrogen) atoms. The van der Waals surface area contributed by atoms with Crippen molar-refractivity contribution >= 4 is 41.1 Å². The fourth-order valence-corrected chi connectivity index (χ4v) is 4.54. The number of hydrogen-bond acceptors (Lipinski definition) is 9. The van der Waals surface area contributed by atoms with Crippen LogP contribution in [0.5, 0.6) is 0 Å². The molecule has 5 heterocycles. The van der Waals surface area contributed by atoms with Crippen molar-refractivity contribution in [3.05, 3.63) is 70.5 Å². The number of Topliss-reactive ketones (excluding diaryl/α,β-unsaturated/α-hetero) is 1. The molecule has 3 aromatic rings. The topological polar surface area (TPSA) is 137 Å². The van der Waals surface area contributed by atoms with E-state index in [2.05, 4.69) is 24.9 Å². The van der Waals surface area contributed by atoms with Crippen LogP contribution in [0.3, 0.4) is 0 Å². The SMILES string of the molecule is COC1=c2c(C(=O)C(=O)N3CCN(C(=O)c4ccccn4)CC3)c[nH]c2=C(c2cnc(N(C)C)cn2)N=CC1. The molecular weight excluding hydrogens is 500 g/mol. The van der Waals surface area contributed by atoms with Crippen LogP contribution in [0.15, 0.2) is 48.0 Å². The number of aromatic nitrogens is 4. The third kappa shape index (κ3) is 5.00. The van der Waals surface area contributed by atoms with E-state index in [4.69, 9.17) is 4.74 Å². The summed E-state index contributed by atoms with van der Waals surface area (Å²) in [5.74, 6) is -0.309. The van der Waals surface area contributed by atoms with Gasteiger partial charge >= 0.3 is 0 Å². The molecule has 1 fully saturated rings. The first-order valence-electron chi connectivity index (χ1n) is 12.4. The Hall–Kier alpha value is -4.87. The second-order valence-electron chi connectivity index (χ2n) is 9.23. The van der Waals surface area contributed by atoms with Crippen molar-refractivity contribution in [2.75, 3.05) is 52.3 Å². The quantitative estimate of drug-likeness (QED) is 0.344. The predicted octanol–water partition coefficient (Wildman–Crippen LogP) is -0.181. The van der Waals surface area contributed by atoms with Gasteiger partial charge in [0.25, 0.3) is 17.6 Å². The van der Waals surface area contributed by atoms with E-state index in [0.717, 1.165) is 0 Å². The summed E-state index contributed by atoms with van der Waals surface area (Å²) < 4.78 is 5.61. The molecule has 0 saturated carbocycles. The van der Waals surface area contributed by atoms with Crippen LogP contribution in [-0.2, 0) is 9.53 Å². The number of carbonyl (C=O) groups excluding carboxylic acids is 3. The molecule has 200 valence electrons. The molecule has 0 spiro atoms. The van der Waals surface area contributed by atoms with Crippen molar-refractivity contribution in [2.45, 2.75) is 6.42 Å². The number of amides is 2. The lowest BCUT2D eigenvalue weighted by Gasteiger charge is -2.34. The molecule has 2 amide bonds. The third-order valence-electron chi connectivity index (χ3n) is 6.66. The highest BCUT2D eigenvalue weighted by Crippen LogP contribution is 2.15. The number of nitrogens with one attached hydrogen (secondary N) is 1. The number of aromatic amines is 1. The van der Waals surface area contributed by atoms with Crippen molar-refractivity contribution < 1.29 is 19.1 Å². The summed E-state index contributed by atoms with van der Waals surface area (Å²) in [5.41, 5.74) is 1.54. The molecule has 0 aliphatic carbocycles. The Labute approximate surface area is 224 Å². The standard InChI is InChI=1S/C27H28N8O4/c1-33(2)21-16-30-19(15-31-21)23-24-22(20(39-3)7-9-29-23)17(14-32-24)25(36)27(38)35-12-10-34(11-13-35)26(37)18-6-4-5-8-28-18/h4-6,8-9,14-16,32H,7,10-13H2,1-3H3. The zero-order valence-corrected chi connectivity index (χ0v) is 21.9. The largest absolute Gasteiger partial charge is 0.500 e. The number of rotatable bonds is 6. The van der Waals surface area contributed by atoms with E-state index in [9.17, 15) is 14.4 Å². The van der Waals surface area contributed by atoms with E-state index >= 15 is 0 Å². The number of methoxy groups -OCH3 is 1. The first-order chi connectivity index (χ1) is 18.9. The molecule has 2 aliphatic rings. The number of hydrogen-bond donors (Lipinski definition) is 1. The zero-order chi connectivity index (χ0) is 27.5. The summed E-state index contributed by atoms with van der Waals surface area (Å²) in [6.45, 7) is 1.10. The van der Waals surface area contributed by atoms with E-state index in [-0.39, 0.29) is 24.6 Å². The van der Waals surface area contributed by atoms with Crippen LogP contribution in [0.1, 0.15) is 33.0 Å². The van der Waals surface area contributed by atoms with Crippen molar-refractivity contribution in [1.29, 1.82) is 0 Å². The van der Waals surface area contributed by atoms with Gasteiger partial charge in [0.2, 0.25) is 0 Å². The molecule has 12 nitrogen and oxygen atoms in total. The number of carbonyl (C=O) groups is 3. The smallest absolute Gasteiger partial charge is 0.295 e. The first kappa shape index (κ1) is 25.8. The molecule has 0 aromatic carbocycles. The van der Waals surface area contributed by atoms with Gasteiger partial charge in [-0.1, -0.05) is 6.07 Å². The van der Waals surface area contributed by atoms with Crippen LogP contribution in [0.2, 0.25) is 0 Å². The Bertz CT molecular complexity index is 1550. The molecule has 5 rings (SSSR count). The average Bonchev–Trinajstić information content (AvgIpc) is 3.32. The maximum atomic E-state index is 13.5. The van der Waals surface area contributed by atoms with Gasteiger partial charge in [0.1, 0.15) is 28.7 Å². The second-order valence-corrected chi connectivity index (χ2v) is 9.23. The van der Waals surface area contributed by atoms with Gasteiger partial charge in [-0.3, -0.25) is 24.4 Å². The molecule has 3 aromatic heterocycles. The number of aliphatic imine (C=N–C) groups is 1. The number of anilines is 1. The normalized spacial score (nSPS) is 15.1. The lowest BCUT2D eigenvalue weighted by molar-refractivity contribution is -0.127. The Kier molecular flexibility index (Phi) is 7.17. The lowest BCUT2D eigenvalue weighted by atomic mass is 10.1. The van der Waals surface area contributed by atoms with Gasteiger partial charge < -0.3 is 24.4 Å². The molecule has 0 bridgehead atoms. The van der Waals surface area contributed by atoms with Gasteiger partial charge in [-0.05, 0) is 12.1 Å². The fourth-order valence-electron chi connectivity index (χ4n) is 4.54. The van der Waals surface area contributed by atoms with Gasteiger partial charge in [0.15, 0.2) is 0 Å². The van der Waals surface area contributed by atoms with Crippen LogP contribution >= 0.6 is 0 Å². The van der Waals surface area contributed by atoms with Crippen LogP contribution in [0, 0.1) is 0 Å². The highest BCUT2D eigenvalue weighted by atomic mass is 16.5. The summed E-state index contributed by atoms with van der Waals surface area (Å²) in [7, 11) is 5.26. The lowest BCUT2D eigenvalue weighted by Crippen LogP contribution is -2.52. The summed E-state index contributed by atoms with van der Waals surface area (Å²) >= 11 is 0. The fraction of sp³-hybridized carbons (Fsp3) is 0.296. The number of fused-ring (bicyclic) bond motifs is 1. The highest BCUT2D eigenvalue weighted by Gasteiger charge is 2.31. The molecule has 1 N–H and O–H groups in total. The molecule has 0 unspecified atom stereocenters. The summed E-state index contributed by atoms with van der Waals surface area (Å²) in [6.07, 6.45) is 8.33. The Morgan fingerprint density at radius 2 is 1.77 bits per heavy atom. The molecule has 0 atom stereocenters. The number of piperazine rings is 1. The van der Waals surface area contributed by atoms with Crippen LogP contribution in [0.4, 0.5) is 5.82 Å². The summed E-state index contributed by atoms with van der Waals surface area (Å²) in [6, 6.07) is 5.15. The van der Waals surface area contributed by atoms with E-state index in [1.807, 2.05) is 19.0 Å². The maximum Gasteiger partial charge on any atom is 0.295 e. The number of ketones is 1. The van der Waals surface area contributed by atoms with Crippen LogP contribution in [-0.4, -0.2) is 101 Å². The molecule has 0 radical (unpaired) electrons. The maximum absolute atomic E-state index is 13.5. The van der Waals surface area contributed by atoms with Gasteiger partial charge in [0, 0.05) is 65.3 Å². The van der Waals surface area contributed by atoms with Gasteiger partial charge in [-0.15, -0.1) is 0 Å². The van der Waals surface area contributed by atoms with Crippen molar-refractivity contribution in [1.82, 2.24) is 29.7 Å². The minimum atomic E-state index is -0.665. The van der Waals surface area contributed by atoms with Crippen LogP contribution < -0.4 is 15.5 Å². The minimum absolute atomic E-state index is 0.194. The predicted molar refractivity (Wildman–Crippen MR) is 143 cm³/mol. The van der Waals surface area contributed by atoms with E-state index in [0.29, 0.717) is 58.7 Å². The number of ether oxygens (including phenoxy) is 1. The number of pyridine rings is 1. The Balaban J connectivity index is 1.42.